The van der Waals surface area contributed by atoms with Gasteiger partial charge in [-0.3, -0.25) is 14.5 Å². The molecule has 3 heterocycles. The van der Waals surface area contributed by atoms with Crippen molar-refractivity contribution in [3.63, 3.8) is 0 Å². The molecule has 1 aromatic rings. The molecule has 0 bridgehead atoms. The largest absolute Gasteiger partial charge is 0.379 e. The lowest BCUT2D eigenvalue weighted by atomic mass is 9.93. The van der Waals surface area contributed by atoms with Gasteiger partial charge in [0.1, 0.15) is 0 Å². The molecule has 0 unspecified atom stereocenters. The molecule has 0 aliphatic carbocycles. The van der Waals surface area contributed by atoms with Gasteiger partial charge in [0.15, 0.2) is 0 Å². The maximum atomic E-state index is 12.7. The van der Waals surface area contributed by atoms with Crippen molar-refractivity contribution in [2.45, 2.75) is 23.8 Å². The van der Waals surface area contributed by atoms with E-state index in [-0.39, 0.29) is 22.6 Å². The molecule has 164 valence electrons. The van der Waals surface area contributed by atoms with Crippen molar-refractivity contribution < 1.29 is 22.7 Å². The van der Waals surface area contributed by atoms with Crippen LogP contribution in [0, 0.1) is 5.92 Å². The van der Waals surface area contributed by atoms with Crippen LogP contribution in [-0.2, 0) is 19.6 Å². The van der Waals surface area contributed by atoms with E-state index in [1.807, 2.05) is 0 Å². The summed E-state index contributed by atoms with van der Waals surface area (Å²) in [6.07, 6.45) is 1.55. The number of rotatable bonds is 5. The fourth-order valence-electron chi connectivity index (χ4n) is 4.29. The first-order valence-electron chi connectivity index (χ1n) is 10.4. The number of piperidine rings is 1. The highest BCUT2D eigenvalue weighted by atomic mass is 32.2. The van der Waals surface area contributed by atoms with Crippen LogP contribution in [-0.4, -0.2) is 92.9 Å². The SMILES string of the molecule is NC(=O)C1CCN(C2CN(C(=O)c3ccc(S(=O)(=O)N4CCOCC4)cc3)C2)CC1. The Bertz CT molecular complexity index is 884. The van der Waals surface area contributed by atoms with Crippen LogP contribution in [0.3, 0.4) is 0 Å². The third-order valence-electron chi connectivity index (χ3n) is 6.31. The Morgan fingerprint density at radius 2 is 1.57 bits per heavy atom. The molecule has 0 saturated carbocycles. The fourth-order valence-corrected chi connectivity index (χ4v) is 5.70. The number of morpholine rings is 1. The van der Waals surface area contributed by atoms with Crippen LogP contribution in [0.15, 0.2) is 29.2 Å². The Kier molecular flexibility index (Phi) is 6.10. The average Bonchev–Trinajstić information content (AvgIpc) is 2.73. The van der Waals surface area contributed by atoms with Gasteiger partial charge < -0.3 is 15.4 Å². The first-order valence-corrected chi connectivity index (χ1v) is 11.8. The van der Waals surface area contributed by atoms with Gasteiger partial charge >= 0.3 is 0 Å². The molecule has 3 aliphatic rings. The summed E-state index contributed by atoms with van der Waals surface area (Å²) in [7, 11) is -3.56. The molecule has 4 rings (SSSR count). The molecule has 2 amide bonds. The number of nitrogens with zero attached hydrogens (tertiary/aromatic N) is 3. The quantitative estimate of drug-likeness (QED) is 0.680. The van der Waals surface area contributed by atoms with Gasteiger partial charge in [0.2, 0.25) is 15.9 Å². The standard InChI is InChI=1S/C20H28N4O5S/c21-19(25)15-5-7-22(8-6-15)17-13-23(14-17)20(26)16-1-3-18(4-2-16)30(27,28)24-9-11-29-12-10-24/h1-4,15,17H,5-14H2,(H2,21,25). The summed E-state index contributed by atoms with van der Waals surface area (Å²) in [4.78, 5) is 28.3. The van der Waals surface area contributed by atoms with Crippen molar-refractivity contribution in [2.24, 2.45) is 11.7 Å². The maximum absolute atomic E-state index is 12.7. The smallest absolute Gasteiger partial charge is 0.253 e. The summed E-state index contributed by atoms with van der Waals surface area (Å²) in [5.41, 5.74) is 5.87. The zero-order chi connectivity index (χ0) is 21.3. The van der Waals surface area contributed by atoms with E-state index in [1.165, 1.54) is 16.4 Å². The molecular formula is C20H28N4O5S. The molecule has 0 atom stereocenters. The van der Waals surface area contributed by atoms with Crippen LogP contribution in [0.5, 0.6) is 0 Å². The fraction of sp³-hybridized carbons (Fsp3) is 0.600. The van der Waals surface area contributed by atoms with Crippen molar-refractivity contribution in [2.75, 3.05) is 52.5 Å². The van der Waals surface area contributed by atoms with E-state index in [0.29, 0.717) is 51.0 Å². The zero-order valence-electron chi connectivity index (χ0n) is 16.9. The van der Waals surface area contributed by atoms with Crippen LogP contribution >= 0.6 is 0 Å². The Morgan fingerprint density at radius 3 is 2.13 bits per heavy atom. The van der Waals surface area contributed by atoms with E-state index in [9.17, 15) is 18.0 Å². The summed E-state index contributed by atoms with van der Waals surface area (Å²) in [6, 6.07) is 6.49. The molecule has 9 nitrogen and oxygen atoms in total. The highest BCUT2D eigenvalue weighted by molar-refractivity contribution is 7.89. The van der Waals surface area contributed by atoms with E-state index < -0.39 is 10.0 Å². The van der Waals surface area contributed by atoms with Crippen molar-refractivity contribution >= 4 is 21.8 Å². The molecule has 0 radical (unpaired) electrons. The zero-order valence-corrected chi connectivity index (χ0v) is 17.7. The van der Waals surface area contributed by atoms with E-state index >= 15 is 0 Å². The van der Waals surface area contributed by atoms with Crippen LogP contribution in [0.1, 0.15) is 23.2 Å². The van der Waals surface area contributed by atoms with Crippen molar-refractivity contribution in [1.29, 1.82) is 0 Å². The first kappa shape index (κ1) is 21.2. The number of hydrogen-bond donors (Lipinski definition) is 1. The predicted octanol–water partition coefficient (Wildman–Crippen LogP) is -0.271. The van der Waals surface area contributed by atoms with Crippen molar-refractivity contribution in [3.05, 3.63) is 29.8 Å². The molecule has 2 N–H and O–H groups in total. The summed E-state index contributed by atoms with van der Waals surface area (Å²) in [5.74, 6) is -0.348. The Labute approximate surface area is 176 Å². The molecule has 0 spiro atoms. The molecule has 0 aromatic heterocycles. The molecule has 3 saturated heterocycles. The number of carbonyl (C=O) groups is 2. The van der Waals surface area contributed by atoms with Crippen molar-refractivity contribution in [3.8, 4) is 0 Å². The number of hydrogen-bond acceptors (Lipinski definition) is 6. The van der Waals surface area contributed by atoms with E-state index in [0.717, 1.165) is 25.9 Å². The van der Waals surface area contributed by atoms with Gasteiger partial charge in [-0.1, -0.05) is 0 Å². The number of amides is 2. The molecule has 3 fully saturated rings. The molecule has 1 aromatic carbocycles. The lowest BCUT2D eigenvalue weighted by Crippen LogP contribution is -2.62. The second kappa shape index (κ2) is 8.62. The van der Waals surface area contributed by atoms with Crippen LogP contribution in [0.4, 0.5) is 0 Å². The minimum atomic E-state index is -3.56. The minimum Gasteiger partial charge on any atom is -0.379 e. The topological polar surface area (TPSA) is 113 Å². The first-order chi connectivity index (χ1) is 14.4. The highest BCUT2D eigenvalue weighted by Crippen LogP contribution is 2.25. The van der Waals surface area contributed by atoms with Gasteiger partial charge in [-0.15, -0.1) is 0 Å². The van der Waals surface area contributed by atoms with E-state index in [2.05, 4.69) is 4.90 Å². The number of carbonyl (C=O) groups excluding carboxylic acids is 2. The lowest BCUT2D eigenvalue weighted by Gasteiger charge is -2.47. The van der Waals surface area contributed by atoms with E-state index in [1.54, 1.807) is 17.0 Å². The molecule has 30 heavy (non-hydrogen) atoms. The second-order valence-corrected chi connectivity index (χ2v) is 10.1. The number of ether oxygens (including phenoxy) is 1. The van der Waals surface area contributed by atoms with Crippen LogP contribution in [0.25, 0.3) is 0 Å². The molecule has 10 heteroatoms. The number of benzene rings is 1. The lowest BCUT2D eigenvalue weighted by molar-refractivity contribution is -0.123. The number of nitrogens with two attached hydrogens (primary N) is 1. The monoisotopic (exact) mass is 436 g/mol. The van der Waals surface area contributed by atoms with E-state index in [4.69, 9.17) is 10.5 Å². The predicted molar refractivity (Wildman–Crippen MR) is 109 cm³/mol. The Hall–Kier alpha value is -2.01. The summed E-state index contributed by atoms with van der Waals surface area (Å²) >= 11 is 0. The third-order valence-corrected chi connectivity index (χ3v) is 8.22. The van der Waals surface area contributed by atoms with Gasteiger partial charge in [0.05, 0.1) is 18.1 Å². The number of likely N-dealkylation sites (tertiary alicyclic amines) is 2. The maximum Gasteiger partial charge on any atom is 0.253 e. The van der Waals surface area contributed by atoms with Crippen LogP contribution < -0.4 is 5.73 Å². The molecule has 3 aliphatic heterocycles. The van der Waals surface area contributed by atoms with Gasteiger partial charge in [-0.25, -0.2) is 8.42 Å². The normalized spacial score (nSPS) is 22.6. The summed E-state index contributed by atoms with van der Waals surface area (Å²) < 4.78 is 32.0. The molecular weight excluding hydrogens is 408 g/mol. The van der Waals surface area contributed by atoms with Gasteiger partial charge in [-0.05, 0) is 50.2 Å². The minimum absolute atomic E-state index is 0.0358. The number of primary amides is 1. The Morgan fingerprint density at radius 1 is 0.967 bits per heavy atom. The van der Waals surface area contributed by atoms with Crippen LogP contribution in [0.2, 0.25) is 0 Å². The number of sulfonamides is 1. The van der Waals surface area contributed by atoms with Crippen molar-refractivity contribution in [1.82, 2.24) is 14.1 Å². The van der Waals surface area contributed by atoms with Gasteiger partial charge in [0.25, 0.3) is 5.91 Å². The van der Waals surface area contributed by atoms with Gasteiger partial charge in [-0.2, -0.15) is 4.31 Å². The highest BCUT2D eigenvalue weighted by Gasteiger charge is 2.37. The third kappa shape index (κ3) is 4.22. The Balaban J connectivity index is 1.31. The average molecular weight is 437 g/mol. The summed E-state index contributed by atoms with van der Waals surface area (Å²) in [5, 5.41) is 0. The summed E-state index contributed by atoms with van der Waals surface area (Å²) in [6.45, 7) is 4.42. The van der Waals surface area contributed by atoms with Gasteiger partial charge in [0, 0.05) is 43.7 Å². The second-order valence-electron chi connectivity index (χ2n) is 8.12.